The van der Waals surface area contributed by atoms with Gasteiger partial charge in [0.15, 0.2) is 11.5 Å². The number of hydrogen-bond donors (Lipinski definition) is 1. The number of aromatic nitrogens is 4. The Labute approximate surface area is 228 Å². The Hall–Kier alpha value is -4.35. The van der Waals surface area contributed by atoms with Crippen molar-refractivity contribution in [2.24, 2.45) is 5.73 Å². The van der Waals surface area contributed by atoms with E-state index in [0.29, 0.717) is 12.5 Å². The zero-order chi connectivity index (χ0) is 26.2. The van der Waals surface area contributed by atoms with E-state index in [2.05, 4.69) is 99.5 Å². The molecule has 0 spiro atoms. The van der Waals surface area contributed by atoms with Crippen LogP contribution in [0.2, 0.25) is 0 Å². The lowest BCUT2D eigenvalue weighted by molar-refractivity contribution is 0.443. The molecule has 5 heteroatoms. The number of benzene rings is 3. The maximum atomic E-state index is 5.84. The van der Waals surface area contributed by atoms with Crippen LogP contribution in [-0.2, 0) is 6.54 Å². The van der Waals surface area contributed by atoms with E-state index >= 15 is 0 Å². The van der Waals surface area contributed by atoms with Crippen molar-refractivity contribution in [3.63, 3.8) is 0 Å². The average Bonchev–Trinajstić information content (AvgIpc) is 3.46. The van der Waals surface area contributed by atoms with Gasteiger partial charge in [-0.05, 0) is 47.6 Å². The van der Waals surface area contributed by atoms with Gasteiger partial charge >= 0.3 is 0 Å². The standard InChI is InChI=1S/C34H31N5/c35-22-23-11-13-27(14-12-23)32-29(26-9-5-2-6-10-26)21-30-31(36-32)19-20-39-33(37-38-34(30)39)28-17-15-25(16-18-28)24-7-3-1-4-8-24/h2,5-6,9-21,24H,1,3-4,7-8,22,35H2. The van der Waals surface area contributed by atoms with E-state index in [0.717, 1.165) is 55.9 Å². The van der Waals surface area contributed by atoms with Gasteiger partial charge in [0.2, 0.25) is 0 Å². The number of rotatable bonds is 5. The third kappa shape index (κ3) is 4.39. The Morgan fingerprint density at radius 3 is 2.23 bits per heavy atom. The van der Waals surface area contributed by atoms with E-state index in [1.165, 1.54) is 37.7 Å². The number of nitrogens with two attached hydrogens (primary N) is 1. The van der Waals surface area contributed by atoms with Gasteiger partial charge in [-0.2, -0.15) is 0 Å². The van der Waals surface area contributed by atoms with Crippen LogP contribution in [0.3, 0.4) is 0 Å². The molecule has 0 unspecified atom stereocenters. The molecule has 3 aromatic heterocycles. The summed E-state index contributed by atoms with van der Waals surface area (Å²) in [5, 5.41) is 10.3. The summed E-state index contributed by atoms with van der Waals surface area (Å²) in [6.45, 7) is 0.521. The fourth-order valence-corrected chi connectivity index (χ4v) is 5.99. The van der Waals surface area contributed by atoms with E-state index in [9.17, 15) is 0 Å². The highest BCUT2D eigenvalue weighted by atomic mass is 15.2. The normalized spacial score (nSPS) is 14.3. The minimum Gasteiger partial charge on any atom is -0.326 e. The third-order valence-electron chi connectivity index (χ3n) is 8.16. The molecule has 1 aliphatic carbocycles. The van der Waals surface area contributed by atoms with Crippen LogP contribution in [0.15, 0.2) is 97.2 Å². The van der Waals surface area contributed by atoms with E-state index in [4.69, 9.17) is 10.7 Å². The first-order valence-corrected chi connectivity index (χ1v) is 13.9. The second-order valence-electron chi connectivity index (χ2n) is 10.6. The summed E-state index contributed by atoms with van der Waals surface area (Å²) in [6, 6.07) is 32.0. The second-order valence-corrected chi connectivity index (χ2v) is 10.6. The smallest absolute Gasteiger partial charge is 0.170 e. The van der Waals surface area contributed by atoms with E-state index in [-0.39, 0.29) is 0 Å². The molecule has 0 aliphatic heterocycles. The van der Waals surface area contributed by atoms with E-state index in [1.54, 1.807) is 0 Å². The maximum absolute atomic E-state index is 5.84. The van der Waals surface area contributed by atoms with Crippen LogP contribution in [-0.4, -0.2) is 19.6 Å². The molecule has 2 N–H and O–H groups in total. The third-order valence-corrected chi connectivity index (χ3v) is 8.16. The van der Waals surface area contributed by atoms with E-state index in [1.807, 2.05) is 12.3 Å². The molecule has 7 rings (SSSR count). The fourth-order valence-electron chi connectivity index (χ4n) is 5.99. The topological polar surface area (TPSA) is 69.1 Å². The van der Waals surface area contributed by atoms with Crippen LogP contribution < -0.4 is 5.73 Å². The van der Waals surface area contributed by atoms with Gasteiger partial charge < -0.3 is 5.73 Å². The molecule has 1 saturated carbocycles. The molecule has 0 bridgehead atoms. The molecule has 0 atom stereocenters. The summed E-state index contributed by atoms with van der Waals surface area (Å²) in [5.41, 5.74) is 15.4. The Kier molecular flexibility index (Phi) is 6.14. The molecule has 39 heavy (non-hydrogen) atoms. The van der Waals surface area contributed by atoms with Crippen LogP contribution in [0.25, 0.3) is 50.3 Å². The SMILES string of the molecule is NCc1ccc(-c2nc3ccn4c(-c5ccc(C6CCCCC6)cc5)nnc4c3cc2-c2ccccc2)cc1. The van der Waals surface area contributed by atoms with Gasteiger partial charge in [-0.25, -0.2) is 4.98 Å². The molecular formula is C34H31N5. The molecule has 3 heterocycles. The zero-order valence-electron chi connectivity index (χ0n) is 21.9. The Bertz CT molecular complexity index is 1750. The molecule has 3 aromatic carbocycles. The zero-order valence-corrected chi connectivity index (χ0v) is 21.9. The monoisotopic (exact) mass is 509 g/mol. The lowest BCUT2D eigenvalue weighted by Gasteiger charge is -2.22. The molecule has 0 saturated heterocycles. The predicted molar refractivity (Wildman–Crippen MR) is 158 cm³/mol. The highest BCUT2D eigenvalue weighted by Crippen LogP contribution is 2.36. The Morgan fingerprint density at radius 2 is 1.49 bits per heavy atom. The van der Waals surface area contributed by atoms with Gasteiger partial charge in [0.05, 0.1) is 11.2 Å². The van der Waals surface area contributed by atoms with Crippen molar-refractivity contribution in [1.29, 1.82) is 0 Å². The molecule has 1 aliphatic rings. The molecule has 1 fully saturated rings. The number of fused-ring (bicyclic) bond motifs is 3. The van der Waals surface area contributed by atoms with Crippen molar-refractivity contribution in [3.8, 4) is 33.8 Å². The van der Waals surface area contributed by atoms with Crippen molar-refractivity contribution >= 4 is 16.6 Å². The van der Waals surface area contributed by atoms with Crippen molar-refractivity contribution in [3.05, 3.63) is 108 Å². The van der Waals surface area contributed by atoms with Gasteiger partial charge in [-0.3, -0.25) is 4.40 Å². The first-order chi connectivity index (χ1) is 19.3. The highest BCUT2D eigenvalue weighted by Gasteiger charge is 2.18. The van der Waals surface area contributed by atoms with E-state index < -0.39 is 0 Å². The van der Waals surface area contributed by atoms with Crippen LogP contribution >= 0.6 is 0 Å². The summed E-state index contributed by atoms with van der Waals surface area (Å²) in [6.07, 6.45) is 8.70. The molecule has 192 valence electrons. The molecule has 0 amide bonds. The first-order valence-electron chi connectivity index (χ1n) is 13.9. The fraction of sp³-hybridized carbons (Fsp3) is 0.206. The van der Waals surface area contributed by atoms with Gasteiger partial charge in [0.25, 0.3) is 0 Å². The first kappa shape index (κ1) is 23.7. The van der Waals surface area contributed by atoms with Crippen molar-refractivity contribution in [2.45, 2.75) is 44.6 Å². The molecule has 6 aromatic rings. The largest absolute Gasteiger partial charge is 0.326 e. The Balaban J connectivity index is 1.34. The lowest BCUT2D eigenvalue weighted by atomic mass is 9.84. The lowest BCUT2D eigenvalue weighted by Crippen LogP contribution is -2.04. The van der Waals surface area contributed by atoms with Crippen LogP contribution in [0.1, 0.15) is 49.1 Å². The Morgan fingerprint density at radius 1 is 0.744 bits per heavy atom. The second kappa shape index (κ2) is 10.1. The number of nitrogens with zero attached hydrogens (tertiary/aromatic N) is 4. The summed E-state index contributed by atoms with van der Waals surface area (Å²) >= 11 is 0. The summed E-state index contributed by atoms with van der Waals surface area (Å²) in [4.78, 5) is 5.16. The van der Waals surface area contributed by atoms with Gasteiger partial charge in [0.1, 0.15) is 0 Å². The van der Waals surface area contributed by atoms with Crippen LogP contribution in [0.5, 0.6) is 0 Å². The minimum absolute atomic E-state index is 0.521. The van der Waals surface area contributed by atoms with Gasteiger partial charge in [-0.15, -0.1) is 10.2 Å². The molecule has 0 radical (unpaired) electrons. The molecule has 5 nitrogen and oxygen atoms in total. The average molecular weight is 510 g/mol. The summed E-state index contributed by atoms with van der Waals surface area (Å²) < 4.78 is 2.09. The van der Waals surface area contributed by atoms with Crippen molar-refractivity contribution in [1.82, 2.24) is 19.6 Å². The number of hydrogen-bond acceptors (Lipinski definition) is 4. The number of pyridine rings is 2. The van der Waals surface area contributed by atoms with Crippen LogP contribution in [0.4, 0.5) is 0 Å². The van der Waals surface area contributed by atoms with Crippen LogP contribution in [0, 0.1) is 0 Å². The quantitative estimate of drug-likeness (QED) is 0.258. The van der Waals surface area contributed by atoms with Crippen molar-refractivity contribution < 1.29 is 0 Å². The minimum atomic E-state index is 0.521. The summed E-state index contributed by atoms with van der Waals surface area (Å²) in [5.74, 6) is 1.54. The molecular weight excluding hydrogens is 478 g/mol. The van der Waals surface area contributed by atoms with Crippen molar-refractivity contribution in [2.75, 3.05) is 0 Å². The van der Waals surface area contributed by atoms with Gasteiger partial charge in [-0.1, -0.05) is 98.1 Å². The maximum Gasteiger partial charge on any atom is 0.170 e. The van der Waals surface area contributed by atoms with Gasteiger partial charge in [0, 0.05) is 34.8 Å². The predicted octanol–water partition coefficient (Wildman–Crippen LogP) is 7.78. The summed E-state index contributed by atoms with van der Waals surface area (Å²) in [7, 11) is 0. The highest BCUT2D eigenvalue weighted by molar-refractivity contribution is 5.98.